The number of rotatable bonds is 4. The van der Waals surface area contributed by atoms with Crippen LogP contribution in [-0.2, 0) is 14.3 Å². The third-order valence-electron chi connectivity index (χ3n) is 10.2. The van der Waals surface area contributed by atoms with Crippen LogP contribution in [0, 0.1) is 30.1 Å². The standard InChI is InChI=1S/C34H37NO8/c1-18-8-10-21(11-9-18)31(38)42-27-15-23-19(2)24(40-20(3)36)12-13-33(23,4)30-29(37)28-26(43-34(27,30)5)16-25(41-32(28)39)22-7-6-14-35-17-22/h6-11,14,16-17,19,23-24,27,29-30,37H,12-13,15H2,1-5H3. The van der Waals surface area contributed by atoms with E-state index in [4.69, 9.17) is 18.6 Å². The van der Waals surface area contributed by atoms with Crippen LogP contribution < -0.4 is 10.4 Å². The van der Waals surface area contributed by atoms with Crippen LogP contribution in [0.25, 0.3) is 11.3 Å². The van der Waals surface area contributed by atoms with Crippen LogP contribution in [0.1, 0.15) is 74.5 Å². The highest BCUT2D eigenvalue weighted by Gasteiger charge is 2.68. The van der Waals surface area contributed by atoms with Gasteiger partial charge in [-0.05, 0) is 74.6 Å². The zero-order valence-corrected chi connectivity index (χ0v) is 25.0. The second-order valence-corrected chi connectivity index (χ2v) is 12.8. The van der Waals surface area contributed by atoms with Crippen molar-refractivity contribution in [2.75, 3.05) is 0 Å². The van der Waals surface area contributed by atoms with E-state index in [0.29, 0.717) is 30.4 Å². The molecule has 1 N–H and O–H groups in total. The van der Waals surface area contributed by atoms with Gasteiger partial charge in [0.2, 0.25) is 0 Å². The predicted octanol–water partition coefficient (Wildman–Crippen LogP) is 5.42. The molecular formula is C34H37NO8. The fourth-order valence-electron chi connectivity index (χ4n) is 8.07. The van der Waals surface area contributed by atoms with Gasteiger partial charge in [0.05, 0.1) is 11.7 Å². The third-order valence-corrected chi connectivity index (χ3v) is 10.2. The lowest BCUT2D eigenvalue weighted by atomic mass is 9.46. The van der Waals surface area contributed by atoms with Crippen LogP contribution in [0.15, 0.2) is 64.1 Å². The fraction of sp³-hybridized carbons (Fsp3) is 0.471. The van der Waals surface area contributed by atoms with Gasteiger partial charge in [0.15, 0.2) is 0 Å². The minimum absolute atomic E-state index is 0.0513. The Labute approximate surface area is 250 Å². The average Bonchev–Trinajstić information content (AvgIpc) is 2.96. The molecule has 0 bridgehead atoms. The van der Waals surface area contributed by atoms with E-state index in [-0.39, 0.29) is 41.0 Å². The molecule has 3 aromatic rings. The molecule has 43 heavy (non-hydrogen) atoms. The Bertz CT molecular complexity index is 1600. The average molecular weight is 588 g/mol. The minimum atomic E-state index is -1.25. The Morgan fingerprint density at radius 1 is 1.12 bits per heavy atom. The number of pyridine rings is 1. The highest BCUT2D eigenvalue weighted by atomic mass is 16.6. The van der Waals surface area contributed by atoms with E-state index in [0.717, 1.165) is 5.56 Å². The van der Waals surface area contributed by atoms with Crippen molar-refractivity contribution in [1.82, 2.24) is 4.98 Å². The lowest BCUT2D eigenvalue weighted by molar-refractivity contribution is -0.243. The number of carbonyl (C=O) groups excluding carboxylic acids is 2. The molecule has 1 aromatic carbocycles. The summed E-state index contributed by atoms with van der Waals surface area (Å²) in [5.41, 5.74) is -0.354. The molecule has 9 heteroatoms. The second kappa shape index (κ2) is 10.6. The van der Waals surface area contributed by atoms with Crippen LogP contribution in [-0.4, -0.2) is 39.8 Å². The Morgan fingerprint density at radius 3 is 2.53 bits per heavy atom. The summed E-state index contributed by atoms with van der Waals surface area (Å²) < 4.78 is 24.4. The van der Waals surface area contributed by atoms with Gasteiger partial charge in [0.25, 0.3) is 0 Å². The van der Waals surface area contributed by atoms with Crippen molar-refractivity contribution in [3.8, 4) is 17.1 Å². The van der Waals surface area contributed by atoms with E-state index in [1.165, 1.54) is 6.92 Å². The van der Waals surface area contributed by atoms with Gasteiger partial charge in [-0.15, -0.1) is 0 Å². The molecule has 6 rings (SSSR count). The first-order chi connectivity index (χ1) is 20.4. The maximum absolute atomic E-state index is 13.5. The smallest absolute Gasteiger partial charge is 0.345 e. The number of aryl methyl sites for hydroxylation is 1. The molecule has 8 atom stereocenters. The molecule has 2 fully saturated rings. The zero-order chi connectivity index (χ0) is 30.7. The van der Waals surface area contributed by atoms with Crippen molar-refractivity contribution in [2.45, 2.75) is 77.8 Å². The van der Waals surface area contributed by atoms with Gasteiger partial charge < -0.3 is 23.7 Å². The summed E-state index contributed by atoms with van der Waals surface area (Å²) in [6.07, 6.45) is 2.51. The van der Waals surface area contributed by atoms with Gasteiger partial charge in [0, 0.05) is 36.9 Å². The number of fused-ring (bicyclic) bond motifs is 4. The molecule has 8 unspecified atom stereocenters. The Hall–Kier alpha value is -3.98. The number of esters is 2. The SMILES string of the molecule is CC(=O)OC1CCC2(C)C(CC(OC(=O)c3ccc(C)cc3)C3(C)Oc4cc(-c5cccnc5)oc(=O)c4C(O)C23)C1C. The molecule has 0 radical (unpaired) electrons. The monoisotopic (exact) mass is 587 g/mol. The van der Waals surface area contributed by atoms with Gasteiger partial charge >= 0.3 is 17.6 Å². The Balaban J connectivity index is 1.45. The zero-order valence-electron chi connectivity index (χ0n) is 25.0. The fourth-order valence-corrected chi connectivity index (χ4v) is 8.07. The summed E-state index contributed by atoms with van der Waals surface area (Å²) in [6.45, 7) is 9.34. The van der Waals surface area contributed by atoms with Crippen LogP contribution in [0.4, 0.5) is 0 Å². The molecule has 226 valence electrons. The van der Waals surface area contributed by atoms with E-state index in [2.05, 4.69) is 11.9 Å². The number of carbonyl (C=O) groups is 2. The van der Waals surface area contributed by atoms with Gasteiger partial charge in [-0.25, -0.2) is 9.59 Å². The first kappa shape index (κ1) is 29.1. The first-order valence-electron chi connectivity index (χ1n) is 14.8. The van der Waals surface area contributed by atoms with Crippen molar-refractivity contribution in [1.29, 1.82) is 0 Å². The van der Waals surface area contributed by atoms with Crippen LogP contribution >= 0.6 is 0 Å². The maximum atomic E-state index is 13.5. The highest BCUT2D eigenvalue weighted by Crippen LogP contribution is 2.65. The normalized spacial score (nSPS) is 32.8. The van der Waals surface area contributed by atoms with Crippen molar-refractivity contribution in [3.63, 3.8) is 0 Å². The lowest BCUT2D eigenvalue weighted by Gasteiger charge is -2.64. The number of benzene rings is 1. The number of nitrogens with zero attached hydrogens (tertiary/aromatic N) is 1. The Morgan fingerprint density at radius 2 is 1.86 bits per heavy atom. The number of hydrogen-bond acceptors (Lipinski definition) is 9. The highest BCUT2D eigenvalue weighted by molar-refractivity contribution is 5.89. The van der Waals surface area contributed by atoms with Gasteiger partial charge in [0.1, 0.15) is 34.9 Å². The molecule has 9 nitrogen and oxygen atoms in total. The topological polar surface area (TPSA) is 125 Å². The quantitative estimate of drug-likeness (QED) is 0.398. The summed E-state index contributed by atoms with van der Waals surface area (Å²) in [6, 6.07) is 12.3. The molecule has 0 saturated heterocycles. The van der Waals surface area contributed by atoms with Gasteiger partial charge in [-0.3, -0.25) is 9.78 Å². The van der Waals surface area contributed by atoms with E-state index in [9.17, 15) is 19.5 Å². The van der Waals surface area contributed by atoms with Crippen molar-refractivity contribution in [3.05, 3.63) is 82.0 Å². The number of aliphatic hydroxyl groups is 1. The van der Waals surface area contributed by atoms with Gasteiger partial charge in [-0.2, -0.15) is 0 Å². The second-order valence-electron chi connectivity index (χ2n) is 12.8. The number of aromatic nitrogens is 1. The molecule has 0 spiro atoms. The summed E-state index contributed by atoms with van der Waals surface area (Å²) in [5.74, 6) is -1.22. The van der Waals surface area contributed by atoms with Crippen molar-refractivity contribution in [2.24, 2.45) is 23.2 Å². The van der Waals surface area contributed by atoms with E-state index >= 15 is 0 Å². The molecule has 1 aliphatic heterocycles. The number of aliphatic hydroxyl groups excluding tert-OH is 1. The predicted molar refractivity (Wildman–Crippen MR) is 156 cm³/mol. The van der Waals surface area contributed by atoms with Crippen LogP contribution in [0.5, 0.6) is 5.75 Å². The van der Waals surface area contributed by atoms with Crippen molar-refractivity contribution < 1.29 is 33.3 Å². The summed E-state index contributed by atoms with van der Waals surface area (Å²) in [7, 11) is 0. The van der Waals surface area contributed by atoms with Crippen LogP contribution in [0.3, 0.4) is 0 Å². The molecule has 0 amide bonds. The Kier molecular flexibility index (Phi) is 7.19. The summed E-state index contributed by atoms with van der Waals surface area (Å²) >= 11 is 0. The third kappa shape index (κ3) is 4.83. The van der Waals surface area contributed by atoms with E-state index in [1.807, 2.05) is 32.9 Å². The summed E-state index contributed by atoms with van der Waals surface area (Å²) in [4.78, 5) is 43.0. The maximum Gasteiger partial charge on any atom is 0.345 e. The molecular weight excluding hydrogens is 550 g/mol. The van der Waals surface area contributed by atoms with Gasteiger partial charge in [-0.1, -0.05) is 31.5 Å². The van der Waals surface area contributed by atoms with E-state index < -0.39 is 40.7 Å². The first-order valence-corrected chi connectivity index (χ1v) is 14.8. The van der Waals surface area contributed by atoms with E-state index in [1.54, 1.807) is 42.7 Å². The lowest BCUT2D eigenvalue weighted by Crippen LogP contribution is -2.69. The molecule has 2 aliphatic carbocycles. The molecule has 2 saturated carbocycles. The number of ether oxygens (including phenoxy) is 3. The summed E-state index contributed by atoms with van der Waals surface area (Å²) in [5, 5.41) is 12.1. The molecule has 2 aromatic heterocycles. The molecule has 3 heterocycles. The molecule has 3 aliphatic rings. The number of hydrogen-bond donors (Lipinski definition) is 1. The van der Waals surface area contributed by atoms with Crippen LogP contribution in [0.2, 0.25) is 0 Å². The minimum Gasteiger partial charge on any atom is -0.482 e. The van der Waals surface area contributed by atoms with Crippen molar-refractivity contribution >= 4 is 11.9 Å². The largest absolute Gasteiger partial charge is 0.482 e.